The number of aryl methyl sites for hydroxylation is 2. The highest BCUT2D eigenvalue weighted by Gasteiger charge is 2.03. The van der Waals surface area contributed by atoms with E-state index in [1.807, 2.05) is 28.9 Å². The van der Waals surface area contributed by atoms with Crippen molar-refractivity contribution in [2.75, 3.05) is 0 Å². The Morgan fingerprint density at radius 3 is 2.53 bits per heavy atom. The lowest BCUT2D eigenvalue weighted by atomic mass is 10.1. The molecule has 0 N–H and O–H groups in total. The van der Waals surface area contributed by atoms with Gasteiger partial charge in [-0.25, -0.2) is 0 Å². The summed E-state index contributed by atoms with van der Waals surface area (Å²) >= 11 is 0. The average molecular weight is 225 g/mol. The summed E-state index contributed by atoms with van der Waals surface area (Å²) < 4.78 is 2.00. The number of aromatic nitrogens is 2. The van der Waals surface area contributed by atoms with Gasteiger partial charge in [0.05, 0.1) is 17.3 Å². The molecule has 1 aromatic heterocycles. The van der Waals surface area contributed by atoms with Crippen molar-refractivity contribution < 1.29 is 0 Å². The summed E-state index contributed by atoms with van der Waals surface area (Å²) in [6.07, 6.45) is 0.819. The molecule has 3 nitrogen and oxygen atoms in total. The minimum absolute atomic E-state index is 0.698. The van der Waals surface area contributed by atoms with E-state index in [0.717, 1.165) is 18.7 Å². The van der Waals surface area contributed by atoms with Crippen LogP contribution < -0.4 is 0 Å². The molecule has 0 unspecified atom stereocenters. The smallest absolute Gasteiger partial charge is 0.0991 e. The molecule has 2 rings (SSSR count). The van der Waals surface area contributed by atoms with Gasteiger partial charge in [0.1, 0.15) is 0 Å². The summed E-state index contributed by atoms with van der Waals surface area (Å²) in [6.45, 7) is 5.06. The van der Waals surface area contributed by atoms with Crippen molar-refractivity contribution >= 4 is 0 Å². The summed E-state index contributed by atoms with van der Waals surface area (Å²) in [4.78, 5) is 0. The number of rotatable bonds is 3. The largest absolute Gasteiger partial charge is 0.270 e. The maximum atomic E-state index is 8.72. The number of hydrogen-bond donors (Lipinski definition) is 0. The minimum Gasteiger partial charge on any atom is -0.270 e. The Morgan fingerprint density at radius 1 is 1.29 bits per heavy atom. The highest BCUT2D eigenvalue weighted by Crippen LogP contribution is 2.11. The fourth-order valence-corrected chi connectivity index (χ4v) is 1.89. The zero-order chi connectivity index (χ0) is 12.3. The average Bonchev–Trinajstić information content (AvgIpc) is 2.70. The van der Waals surface area contributed by atoms with E-state index in [4.69, 9.17) is 5.26 Å². The van der Waals surface area contributed by atoms with Crippen LogP contribution in [0.2, 0.25) is 0 Å². The Hall–Kier alpha value is -2.08. The molecule has 0 radical (unpaired) electrons. The van der Waals surface area contributed by atoms with Gasteiger partial charge in [-0.3, -0.25) is 4.68 Å². The molecule has 2 aromatic rings. The molecular formula is C14H15N3. The van der Waals surface area contributed by atoms with Crippen LogP contribution in [0.1, 0.15) is 29.4 Å². The van der Waals surface area contributed by atoms with Crippen LogP contribution >= 0.6 is 0 Å². The van der Waals surface area contributed by atoms with Gasteiger partial charge in [-0.05, 0) is 37.6 Å². The number of benzene rings is 1. The predicted molar refractivity (Wildman–Crippen MR) is 66.6 cm³/mol. The SMILES string of the molecule is CCn1nc(Cc2ccc(C#N)cc2)cc1C. The first-order valence-corrected chi connectivity index (χ1v) is 5.75. The lowest BCUT2D eigenvalue weighted by Crippen LogP contribution is -1.99. The Labute approximate surface area is 101 Å². The number of nitrogens with zero attached hydrogens (tertiary/aromatic N) is 3. The third-order valence-electron chi connectivity index (χ3n) is 2.80. The molecule has 0 atom stereocenters. The van der Waals surface area contributed by atoms with Crippen molar-refractivity contribution in [1.29, 1.82) is 5.26 Å². The van der Waals surface area contributed by atoms with E-state index >= 15 is 0 Å². The Kier molecular flexibility index (Phi) is 3.24. The van der Waals surface area contributed by atoms with Crippen LogP contribution in [-0.2, 0) is 13.0 Å². The zero-order valence-electron chi connectivity index (χ0n) is 10.1. The fourth-order valence-electron chi connectivity index (χ4n) is 1.89. The highest BCUT2D eigenvalue weighted by atomic mass is 15.3. The van der Waals surface area contributed by atoms with Crippen LogP contribution in [0.15, 0.2) is 30.3 Å². The normalized spacial score (nSPS) is 10.2. The van der Waals surface area contributed by atoms with Crippen molar-refractivity contribution in [3.8, 4) is 6.07 Å². The van der Waals surface area contributed by atoms with Gasteiger partial charge in [-0.1, -0.05) is 12.1 Å². The minimum atomic E-state index is 0.698. The van der Waals surface area contributed by atoms with E-state index in [1.54, 1.807) is 0 Å². The second kappa shape index (κ2) is 4.84. The Bertz CT molecular complexity index is 544. The summed E-state index contributed by atoms with van der Waals surface area (Å²) in [6, 6.07) is 11.9. The maximum absolute atomic E-state index is 8.72. The third-order valence-corrected chi connectivity index (χ3v) is 2.80. The fraction of sp³-hybridized carbons (Fsp3) is 0.286. The lowest BCUT2D eigenvalue weighted by Gasteiger charge is -1.98. The van der Waals surface area contributed by atoms with Gasteiger partial charge in [0, 0.05) is 18.7 Å². The standard InChI is InChI=1S/C14H15N3/c1-3-17-11(2)8-14(16-17)9-12-4-6-13(10-15)7-5-12/h4-8H,3,9H2,1-2H3. The highest BCUT2D eigenvalue weighted by molar-refractivity contribution is 5.33. The first kappa shape index (κ1) is 11.4. The topological polar surface area (TPSA) is 41.6 Å². The summed E-state index contributed by atoms with van der Waals surface area (Å²) in [5, 5.41) is 13.2. The van der Waals surface area contributed by atoms with Gasteiger partial charge in [0.15, 0.2) is 0 Å². The predicted octanol–water partition coefficient (Wildman–Crippen LogP) is 2.67. The molecule has 0 aliphatic carbocycles. The molecule has 0 aliphatic heterocycles. The third kappa shape index (κ3) is 2.54. The molecule has 0 amide bonds. The van der Waals surface area contributed by atoms with E-state index in [1.165, 1.54) is 11.3 Å². The first-order chi connectivity index (χ1) is 8.22. The molecule has 86 valence electrons. The molecule has 0 spiro atoms. The van der Waals surface area contributed by atoms with Crippen molar-refractivity contribution in [2.45, 2.75) is 26.8 Å². The summed E-state index contributed by atoms with van der Waals surface area (Å²) in [5.41, 5.74) is 4.15. The van der Waals surface area contributed by atoms with Crippen molar-refractivity contribution in [3.63, 3.8) is 0 Å². The molecule has 0 saturated carbocycles. The van der Waals surface area contributed by atoms with Crippen molar-refractivity contribution in [3.05, 3.63) is 52.8 Å². The van der Waals surface area contributed by atoms with Crippen LogP contribution in [0.25, 0.3) is 0 Å². The maximum Gasteiger partial charge on any atom is 0.0991 e. The summed E-state index contributed by atoms with van der Waals surface area (Å²) in [7, 11) is 0. The quantitative estimate of drug-likeness (QED) is 0.805. The van der Waals surface area contributed by atoms with Crippen LogP contribution in [0.5, 0.6) is 0 Å². The van der Waals surface area contributed by atoms with E-state index in [2.05, 4.69) is 31.1 Å². The second-order valence-electron chi connectivity index (χ2n) is 4.08. The number of hydrogen-bond acceptors (Lipinski definition) is 2. The van der Waals surface area contributed by atoms with Gasteiger partial charge in [-0.15, -0.1) is 0 Å². The second-order valence-corrected chi connectivity index (χ2v) is 4.08. The van der Waals surface area contributed by atoms with Crippen LogP contribution in [0.3, 0.4) is 0 Å². The van der Waals surface area contributed by atoms with E-state index in [-0.39, 0.29) is 0 Å². The molecule has 0 bridgehead atoms. The van der Waals surface area contributed by atoms with Crippen molar-refractivity contribution in [2.24, 2.45) is 0 Å². The van der Waals surface area contributed by atoms with Gasteiger partial charge in [0.2, 0.25) is 0 Å². The first-order valence-electron chi connectivity index (χ1n) is 5.75. The van der Waals surface area contributed by atoms with Crippen molar-refractivity contribution in [1.82, 2.24) is 9.78 Å². The molecule has 1 aromatic carbocycles. The monoisotopic (exact) mass is 225 g/mol. The molecule has 3 heteroatoms. The van der Waals surface area contributed by atoms with E-state index < -0.39 is 0 Å². The van der Waals surface area contributed by atoms with Crippen LogP contribution in [0.4, 0.5) is 0 Å². The summed E-state index contributed by atoms with van der Waals surface area (Å²) in [5.74, 6) is 0. The lowest BCUT2D eigenvalue weighted by molar-refractivity contribution is 0.631. The molecule has 1 heterocycles. The van der Waals surface area contributed by atoms with Gasteiger partial charge in [0.25, 0.3) is 0 Å². The van der Waals surface area contributed by atoms with Gasteiger partial charge in [-0.2, -0.15) is 10.4 Å². The molecule has 0 saturated heterocycles. The van der Waals surface area contributed by atoms with Gasteiger partial charge >= 0.3 is 0 Å². The van der Waals surface area contributed by atoms with Gasteiger partial charge < -0.3 is 0 Å². The molecule has 0 fully saturated rings. The van der Waals surface area contributed by atoms with Crippen LogP contribution in [-0.4, -0.2) is 9.78 Å². The number of nitriles is 1. The molecule has 0 aliphatic rings. The van der Waals surface area contributed by atoms with E-state index in [9.17, 15) is 0 Å². The molecular weight excluding hydrogens is 210 g/mol. The molecule has 17 heavy (non-hydrogen) atoms. The van der Waals surface area contributed by atoms with Crippen LogP contribution in [0, 0.1) is 18.3 Å². The Morgan fingerprint density at radius 2 is 2.00 bits per heavy atom. The van der Waals surface area contributed by atoms with E-state index in [0.29, 0.717) is 5.56 Å². The Balaban J connectivity index is 2.17. The zero-order valence-corrected chi connectivity index (χ0v) is 10.1.